The normalized spacial score (nSPS) is 10.5. The Labute approximate surface area is 106 Å². The summed E-state index contributed by atoms with van der Waals surface area (Å²) in [5.74, 6) is 0.917. The molecule has 0 bridgehead atoms. The lowest BCUT2D eigenvalue weighted by atomic mass is 10.1. The fourth-order valence-corrected chi connectivity index (χ4v) is 2.01. The second-order valence-electron chi connectivity index (χ2n) is 4.12. The third-order valence-corrected chi connectivity index (χ3v) is 2.82. The summed E-state index contributed by atoms with van der Waals surface area (Å²) in [4.78, 5) is 7.90. The molecule has 1 N–H and O–H groups in total. The molecule has 0 aliphatic heterocycles. The lowest BCUT2D eigenvalue weighted by molar-refractivity contribution is 1.15. The van der Waals surface area contributed by atoms with Crippen LogP contribution < -0.4 is 0 Å². The maximum Gasteiger partial charge on any atom is 0.104 e. The number of hydrogen-bond donors (Lipinski definition) is 1. The Kier molecular flexibility index (Phi) is 2.69. The predicted octanol–water partition coefficient (Wildman–Crippen LogP) is 3.65. The van der Waals surface area contributed by atoms with Gasteiger partial charge in [0.1, 0.15) is 5.82 Å². The Morgan fingerprint density at radius 2 is 1.44 bits per heavy atom. The molecule has 0 amide bonds. The predicted molar refractivity (Wildman–Crippen MR) is 71.9 cm³/mol. The second-order valence-corrected chi connectivity index (χ2v) is 4.12. The monoisotopic (exact) mass is 232 g/mol. The number of H-pyrrole nitrogens is 1. The average Bonchev–Trinajstić information content (AvgIpc) is 2.83. The van der Waals surface area contributed by atoms with Crippen molar-refractivity contribution in [1.29, 1.82) is 0 Å². The van der Waals surface area contributed by atoms with Crippen LogP contribution in [0.15, 0.2) is 48.5 Å². The molecule has 1 heterocycles. The summed E-state index contributed by atoms with van der Waals surface area (Å²) >= 11 is 0. The first-order valence-electron chi connectivity index (χ1n) is 5.84. The van der Waals surface area contributed by atoms with Gasteiger partial charge in [-0.25, -0.2) is 4.98 Å². The maximum atomic E-state index is 4.58. The SMILES string of the molecule is Cc1nc(-c2cc[c]cc2)c(-c2cc[c]cc2)[nH]1. The molecule has 2 radical (unpaired) electrons. The van der Waals surface area contributed by atoms with Gasteiger partial charge in [0.15, 0.2) is 0 Å². The summed E-state index contributed by atoms with van der Waals surface area (Å²) in [6.07, 6.45) is 0. The molecule has 0 fully saturated rings. The van der Waals surface area contributed by atoms with E-state index in [0.29, 0.717) is 0 Å². The largest absolute Gasteiger partial charge is 0.342 e. The van der Waals surface area contributed by atoms with Crippen LogP contribution in [0.25, 0.3) is 22.5 Å². The Bertz CT molecular complexity index is 582. The highest BCUT2D eigenvalue weighted by Gasteiger charge is 2.11. The van der Waals surface area contributed by atoms with Crippen LogP contribution in [0.1, 0.15) is 5.82 Å². The van der Waals surface area contributed by atoms with E-state index in [1.807, 2.05) is 55.5 Å². The van der Waals surface area contributed by atoms with Gasteiger partial charge in [-0.05, 0) is 19.1 Å². The van der Waals surface area contributed by atoms with E-state index in [0.717, 1.165) is 28.3 Å². The highest BCUT2D eigenvalue weighted by atomic mass is 14.9. The van der Waals surface area contributed by atoms with Crippen LogP contribution in [0.3, 0.4) is 0 Å². The zero-order chi connectivity index (χ0) is 12.4. The van der Waals surface area contributed by atoms with Crippen molar-refractivity contribution < 1.29 is 0 Å². The van der Waals surface area contributed by atoms with E-state index in [2.05, 4.69) is 22.1 Å². The van der Waals surface area contributed by atoms with Gasteiger partial charge in [-0.2, -0.15) is 0 Å². The number of nitrogens with one attached hydrogen (secondary N) is 1. The van der Waals surface area contributed by atoms with Crippen molar-refractivity contribution in [2.24, 2.45) is 0 Å². The van der Waals surface area contributed by atoms with Crippen molar-refractivity contribution in [3.8, 4) is 22.5 Å². The maximum absolute atomic E-state index is 4.58. The van der Waals surface area contributed by atoms with Gasteiger partial charge in [0.25, 0.3) is 0 Å². The van der Waals surface area contributed by atoms with Gasteiger partial charge in [-0.3, -0.25) is 0 Å². The molecule has 2 nitrogen and oxygen atoms in total. The Morgan fingerprint density at radius 1 is 0.889 bits per heavy atom. The number of imidazole rings is 1. The third kappa shape index (κ3) is 1.93. The topological polar surface area (TPSA) is 28.7 Å². The number of aryl methyl sites for hydroxylation is 1. The zero-order valence-electron chi connectivity index (χ0n) is 10.1. The third-order valence-electron chi connectivity index (χ3n) is 2.82. The number of aromatic amines is 1. The van der Waals surface area contributed by atoms with Gasteiger partial charge in [-0.1, -0.05) is 48.5 Å². The van der Waals surface area contributed by atoms with Crippen molar-refractivity contribution in [3.63, 3.8) is 0 Å². The molecule has 0 atom stereocenters. The molecule has 0 saturated heterocycles. The number of hydrogen-bond acceptors (Lipinski definition) is 1. The van der Waals surface area contributed by atoms with E-state index in [4.69, 9.17) is 0 Å². The summed E-state index contributed by atoms with van der Waals surface area (Å²) in [5.41, 5.74) is 4.25. The van der Waals surface area contributed by atoms with Gasteiger partial charge in [0, 0.05) is 11.1 Å². The van der Waals surface area contributed by atoms with Gasteiger partial charge in [-0.15, -0.1) is 0 Å². The minimum atomic E-state index is 0.917. The molecule has 1 aromatic heterocycles. The first-order chi connectivity index (χ1) is 8.84. The van der Waals surface area contributed by atoms with E-state index in [1.54, 1.807) is 0 Å². The van der Waals surface area contributed by atoms with Crippen LogP contribution in [-0.4, -0.2) is 9.97 Å². The molecule has 0 aliphatic rings. The molecule has 18 heavy (non-hydrogen) atoms. The van der Waals surface area contributed by atoms with E-state index in [9.17, 15) is 0 Å². The van der Waals surface area contributed by atoms with E-state index in [-0.39, 0.29) is 0 Å². The molecule has 0 spiro atoms. The summed E-state index contributed by atoms with van der Waals surface area (Å²) < 4.78 is 0. The zero-order valence-corrected chi connectivity index (χ0v) is 10.1. The van der Waals surface area contributed by atoms with Crippen LogP contribution in [0.2, 0.25) is 0 Å². The van der Waals surface area contributed by atoms with Crippen LogP contribution in [0.5, 0.6) is 0 Å². The summed E-state index contributed by atoms with van der Waals surface area (Å²) in [6, 6.07) is 21.8. The highest BCUT2D eigenvalue weighted by molar-refractivity contribution is 5.78. The van der Waals surface area contributed by atoms with Gasteiger partial charge in [0.05, 0.1) is 11.4 Å². The fraction of sp³-hybridized carbons (Fsp3) is 0.0625. The quantitative estimate of drug-likeness (QED) is 0.717. The smallest absolute Gasteiger partial charge is 0.104 e. The van der Waals surface area contributed by atoms with E-state index in [1.165, 1.54) is 0 Å². The van der Waals surface area contributed by atoms with Crippen LogP contribution >= 0.6 is 0 Å². The molecule has 86 valence electrons. The average molecular weight is 232 g/mol. The van der Waals surface area contributed by atoms with E-state index < -0.39 is 0 Å². The summed E-state index contributed by atoms with van der Waals surface area (Å²) in [5, 5.41) is 0. The second kappa shape index (κ2) is 4.49. The Morgan fingerprint density at radius 3 is 2.06 bits per heavy atom. The minimum absolute atomic E-state index is 0.917. The number of rotatable bonds is 2. The lowest BCUT2D eigenvalue weighted by Crippen LogP contribution is -1.83. The first kappa shape index (κ1) is 10.8. The Hall–Kier alpha value is -2.35. The van der Waals surface area contributed by atoms with Crippen LogP contribution in [-0.2, 0) is 0 Å². The molecule has 3 aromatic rings. The standard InChI is InChI=1S/C16H12N2/c1-12-17-15(13-8-4-2-5-9-13)16(18-12)14-10-6-3-7-11-14/h4-11H,1H3,(H,17,18). The molecule has 0 aliphatic carbocycles. The van der Waals surface area contributed by atoms with Crippen molar-refractivity contribution in [3.05, 3.63) is 66.5 Å². The molecular weight excluding hydrogens is 220 g/mol. The molecule has 0 saturated carbocycles. The van der Waals surface area contributed by atoms with Crippen molar-refractivity contribution in [1.82, 2.24) is 9.97 Å². The van der Waals surface area contributed by atoms with Crippen LogP contribution in [0.4, 0.5) is 0 Å². The van der Waals surface area contributed by atoms with Crippen molar-refractivity contribution in [2.75, 3.05) is 0 Å². The minimum Gasteiger partial charge on any atom is -0.342 e. The number of aromatic nitrogens is 2. The van der Waals surface area contributed by atoms with Gasteiger partial charge >= 0.3 is 0 Å². The first-order valence-corrected chi connectivity index (χ1v) is 5.84. The lowest BCUT2D eigenvalue weighted by Gasteiger charge is -2.02. The molecule has 2 heteroatoms. The Balaban J connectivity index is 2.17. The summed E-state index contributed by atoms with van der Waals surface area (Å²) in [6.45, 7) is 1.97. The van der Waals surface area contributed by atoms with E-state index >= 15 is 0 Å². The van der Waals surface area contributed by atoms with Gasteiger partial charge in [0.2, 0.25) is 0 Å². The molecule has 0 unspecified atom stereocenters. The number of benzene rings is 2. The summed E-state index contributed by atoms with van der Waals surface area (Å²) in [7, 11) is 0. The molecule has 3 rings (SSSR count). The van der Waals surface area contributed by atoms with Gasteiger partial charge < -0.3 is 4.98 Å². The van der Waals surface area contributed by atoms with Crippen molar-refractivity contribution >= 4 is 0 Å². The fourth-order valence-electron chi connectivity index (χ4n) is 2.01. The number of nitrogens with zero attached hydrogens (tertiary/aromatic N) is 1. The van der Waals surface area contributed by atoms with Crippen LogP contribution in [0, 0.1) is 19.1 Å². The van der Waals surface area contributed by atoms with Crippen molar-refractivity contribution in [2.45, 2.75) is 6.92 Å². The molecular formula is C16H12N2. The highest BCUT2D eigenvalue weighted by Crippen LogP contribution is 2.29. The molecule has 2 aromatic carbocycles.